The Bertz CT molecular complexity index is 615. The van der Waals surface area contributed by atoms with Crippen LogP contribution in [0.4, 0.5) is 0 Å². The summed E-state index contributed by atoms with van der Waals surface area (Å²) in [6, 6.07) is 4.63. The molecule has 1 aromatic carbocycles. The van der Waals surface area contributed by atoms with Gasteiger partial charge in [-0.25, -0.2) is 8.42 Å². The Morgan fingerprint density at radius 2 is 2.05 bits per heavy atom. The number of rotatable bonds is 3. The first-order chi connectivity index (χ1) is 9.52. The van der Waals surface area contributed by atoms with Crippen molar-refractivity contribution in [1.82, 2.24) is 4.31 Å². The lowest BCUT2D eigenvalue weighted by Gasteiger charge is -2.16. The average Bonchev–Trinajstić information content (AvgIpc) is 3.03. The van der Waals surface area contributed by atoms with Gasteiger partial charge in [-0.1, -0.05) is 6.92 Å². The number of hydrogen-bond acceptors (Lipinski definition) is 5. The Kier molecular flexibility index (Phi) is 3.35. The number of aliphatic hydroxyl groups excluding tert-OH is 1. The van der Waals surface area contributed by atoms with Gasteiger partial charge in [-0.15, -0.1) is 0 Å². The van der Waals surface area contributed by atoms with Crippen LogP contribution in [0, 0.1) is 11.8 Å². The van der Waals surface area contributed by atoms with Gasteiger partial charge in [0.1, 0.15) is 0 Å². The lowest BCUT2D eigenvalue weighted by atomic mass is 10.00. The quantitative estimate of drug-likeness (QED) is 0.887. The topological polar surface area (TPSA) is 76.1 Å². The molecule has 7 heteroatoms. The van der Waals surface area contributed by atoms with Gasteiger partial charge in [-0.3, -0.25) is 0 Å². The summed E-state index contributed by atoms with van der Waals surface area (Å²) in [4.78, 5) is 0.201. The standard InChI is InChI=1S/C13H17NO5S/c1-9-5-14(6-10(9)7-15)20(16,17)11-2-3-12-13(4-11)19-8-18-12/h2-4,9-10,15H,5-8H2,1H3/t9-,10+/m1/s1. The highest BCUT2D eigenvalue weighted by Gasteiger charge is 2.37. The molecule has 0 bridgehead atoms. The van der Waals surface area contributed by atoms with Crippen LogP contribution < -0.4 is 9.47 Å². The summed E-state index contributed by atoms with van der Waals surface area (Å²) in [5.41, 5.74) is 0. The zero-order valence-corrected chi connectivity index (χ0v) is 12.0. The molecule has 2 aliphatic heterocycles. The molecule has 1 fully saturated rings. The van der Waals surface area contributed by atoms with Crippen LogP contribution >= 0.6 is 0 Å². The van der Waals surface area contributed by atoms with Gasteiger partial charge in [-0.2, -0.15) is 4.31 Å². The predicted molar refractivity (Wildman–Crippen MR) is 71.1 cm³/mol. The molecule has 0 spiro atoms. The molecule has 2 heterocycles. The molecule has 0 aromatic heterocycles. The van der Waals surface area contributed by atoms with Crippen LogP contribution in [0.3, 0.4) is 0 Å². The number of aliphatic hydroxyl groups is 1. The van der Waals surface area contributed by atoms with Gasteiger partial charge >= 0.3 is 0 Å². The van der Waals surface area contributed by atoms with Crippen LogP contribution in [0.5, 0.6) is 11.5 Å². The normalized spacial score (nSPS) is 26.1. The van der Waals surface area contributed by atoms with Gasteiger partial charge in [0.25, 0.3) is 0 Å². The second kappa shape index (κ2) is 4.91. The second-order valence-corrected chi connectivity index (χ2v) is 7.19. The minimum absolute atomic E-state index is 0.00112. The van der Waals surface area contributed by atoms with Gasteiger partial charge in [0.2, 0.25) is 16.8 Å². The fraction of sp³-hybridized carbons (Fsp3) is 0.538. The molecule has 6 nitrogen and oxygen atoms in total. The average molecular weight is 299 g/mol. The predicted octanol–water partition coefficient (Wildman–Crippen LogP) is 0.664. The Hall–Kier alpha value is -1.31. The van der Waals surface area contributed by atoms with Crippen LogP contribution in [-0.2, 0) is 10.0 Å². The molecule has 0 amide bonds. The summed E-state index contributed by atoms with van der Waals surface area (Å²) in [7, 11) is -3.55. The van der Waals surface area contributed by atoms with E-state index in [0.29, 0.717) is 24.6 Å². The van der Waals surface area contributed by atoms with E-state index in [1.54, 1.807) is 6.07 Å². The maximum absolute atomic E-state index is 12.6. The number of nitrogens with zero attached hydrogens (tertiary/aromatic N) is 1. The van der Waals surface area contributed by atoms with Crippen molar-refractivity contribution in [2.75, 3.05) is 26.5 Å². The zero-order valence-electron chi connectivity index (χ0n) is 11.2. The molecule has 1 N–H and O–H groups in total. The third-order valence-corrected chi connectivity index (χ3v) is 5.78. The summed E-state index contributed by atoms with van der Waals surface area (Å²) in [6.07, 6.45) is 0. The molecule has 0 saturated carbocycles. The molecular weight excluding hydrogens is 282 g/mol. The van der Waals surface area contributed by atoms with E-state index in [9.17, 15) is 13.5 Å². The van der Waals surface area contributed by atoms with Crippen molar-refractivity contribution in [3.8, 4) is 11.5 Å². The van der Waals surface area contributed by atoms with Crippen molar-refractivity contribution in [2.24, 2.45) is 11.8 Å². The minimum atomic E-state index is -3.55. The van der Waals surface area contributed by atoms with Crippen LogP contribution in [0.25, 0.3) is 0 Å². The first kappa shape index (κ1) is 13.7. The molecular formula is C13H17NO5S. The zero-order chi connectivity index (χ0) is 14.3. The molecule has 2 atom stereocenters. The van der Waals surface area contributed by atoms with E-state index >= 15 is 0 Å². The number of fused-ring (bicyclic) bond motifs is 1. The summed E-state index contributed by atoms with van der Waals surface area (Å²) < 4.78 is 37.0. The first-order valence-corrected chi connectivity index (χ1v) is 7.97. The Balaban J connectivity index is 1.89. The lowest BCUT2D eigenvalue weighted by Crippen LogP contribution is -2.29. The van der Waals surface area contributed by atoms with E-state index in [-0.39, 0.29) is 30.1 Å². The summed E-state index contributed by atoms with van der Waals surface area (Å²) in [5, 5.41) is 9.26. The molecule has 0 aliphatic carbocycles. The molecule has 1 saturated heterocycles. The molecule has 1 aromatic rings. The van der Waals surface area contributed by atoms with Crippen molar-refractivity contribution in [3.05, 3.63) is 18.2 Å². The largest absolute Gasteiger partial charge is 0.454 e. The second-order valence-electron chi connectivity index (χ2n) is 5.26. The SMILES string of the molecule is C[C@@H]1CN(S(=O)(=O)c2ccc3c(c2)OCO3)C[C@H]1CO. The summed E-state index contributed by atoms with van der Waals surface area (Å²) >= 11 is 0. The van der Waals surface area contributed by atoms with Crippen LogP contribution in [0.1, 0.15) is 6.92 Å². The van der Waals surface area contributed by atoms with Crippen molar-refractivity contribution in [1.29, 1.82) is 0 Å². The molecule has 110 valence electrons. The van der Waals surface area contributed by atoms with Crippen LogP contribution in [0.2, 0.25) is 0 Å². The van der Waals surface area contributed by atoms with Crippen molar-refractivity contribution in [3.63, 3.8) is 0 Å². The van der Waals surface area contributed by atoms with Gasteiger partial charge in [-0.05, 0) is 24.0 Å². The van der Waals surface area contributed by atoms with Crippen LogP contribution in [-0.4, -0.2) is 44.3 Å². The molecule has 2 aliphatic rings. The molecule has 20 heavy (non-hydrogen) atoms. The first-order valence-electron chi connectivity index (χ1n) is 6.53. The van der Waals surface area contributed by atoms with Gasteiger partial charge in [0, 0.05) is 25.8 Å². The van der Waals surface area contributed by atoms with Gasteiger partial charge < -0.3 is 14.6 Å². The van der Waals surface area contributed by atoms with Crippen molar-refractivity contribution < 1.29 is 23.0 Å². The number of ether oxygens (including phenoxy) is 2. The van der Waals surface area contributed by atoms with E-state index in [2.05, 4.69) is 0 Å². The van der Waals surface area contributed by atoms with E-state index in [0.717, 1.165) is 0 Å². The highest BCUT2D eigenvalue weighted by atomic mass is 32.2. The minimum Gasteiger partial charge on any atom is -0.454 e. The fourth-order valence-corrected chi connectivity index (χ4v) is 4.22. The maximum Gasteiger partial charge on any atom is 0.243 e. The summed E-state index contributed by atoms with van der Waals surface area (Å²) in [5.74, 6) is 1.17. The fourth-order valence-electron chi connectivity index (χ4n) is 2.61. The highest BCUT2D eigenvalue weighted by Crippen LogP contribution is 2.36. The summed E-state index contributed by atoms with van der Waals surface area (Å²) in [6.45, 7) is 2.87. The molecule has 3 rings (SSSR count). The van der Waals surface area contributed by atoms with Gasteiger partial charge in [0.15, 0.2) is 11.5 Å². The maximum atomic E-state index is 12.6. The van der Waals surface area contributed by atoms with E-state index in [4.69, 9.17) is 9.47 Å². The third-order valence-electron chi connectivity index (χ3n) is 3.95. The van der Waals surface area contributed by atoms with Crippen LogP contribution in [0.15, 0.2) is 23.1 Å². The van der Waals surface area contributed by atoms with E-state index in [1.165, 1.54) is 16.4 Å². The molecule has 0 unspecified atom stereocenters. The smallest absolute Gasteiger partial charge is 0.243 e. The molecule has 0 radical (unpaired) electrons. The van der Waals surface area contributed by atoms with Crippen molar-refractivity contribution in [2.45, 2.75) is 11.8 Å². The lowest BCUT2D eigenvalue weighted by molar-refractivity contribution is 0.174. The highest BCUT2D eigenvalue weighted by molar-refractivity contribution is 7.89. The van der Waals surface area contributed by atoms with E-state index < -0.39 is 10.0 Å². The number of benzene rings is 1. The number of sulfonamides is 1. The van der Waals surface area contributed by atoms with E-state index in [1.807, 2.05) is 6.92 Å². The monoisotopic (exact) mass is 299 g/mol. The third kappa shape index (κ3) is 2.15. The Labute approximate surface area is 118 Å². The Morgan fingerprint density at radius 3 is 2.75 bits per heavy atom. The number of hydrogen-bond donors (Lipinski definition) is 1. The Morgan fingerprint density at radius 1 is 1.30 bits per heavy atom. The van der Waals surface area contributed by atoms with Gasteiger partial charge in [0.05, 0.1) is 4.90 Å². The van der Waals surface area contributed by atoms with Crippen molar-refractivity contribution >= 4 is 10.0 Å².